The van der Waals surface area contributed by atoms with Gasteiger partial charge in [0.1, 0.15) is 11.7 Å². The number of methoxy groups -OCH3 is 1. The normalized spacial score (nSPS) is 33.0. The van der Waals surface area contributed by atoms with Gasteiger partial charge in [-0.2, -0.15) is 0 Å². The summed E-state index contributed by atoms with van der Waals surface area (Å²) in [4.78, 5) is 11.1. The first kappa shape index (κ1) is 20.1. The highest BCUT2D eigenvalue weighted by Crippen LogP contribution is 2.49. The summed E-state index contributed by atoms with van der Waals surface area (Å²) in [6.45, 7) is 12.1. The Balaban J connectivity index is 1.88. The predicted molar refractivity (Wildman–Crippen MR) is 89.3 cm³/mol. The largest absolute Gasteiger partial charge is 0.393 e. The fourth-order valence-electron chi connectivity index (χ4n) is 3.00. The van der Waals surface area contributed by atoms with E-state index < -0.39 is 11.4 Å². The van der Waals surface area contributed by atoms with Crippen LogP contribution in [0.5, 0.6) is 0 Å². The summed E-state index contributed by atoms with van der Waals surface area (Å²) in [7, 11) is 1.65. The lowest BCUT2D eigenvalue weighted by molar-refractivity contribution is -0.386. The molecule has 6 heteroatoms. The average molecular weight is 346 g/mol. The van der Waals surface area contributed by atoms with Gasteiger partial charge in [0.05, 0.1) is 24.9 Å². The molecule has 142 valence electrons. The minimum absolute atomic E-state index is 0.00579. The lowest BCUT2D eigenvalue weighted by atomic mass is 10.0. The van der Waals surface area contributed by atoms with Gasteiger partial charge in [-0.1, -0.05) is 0 Å². The molecule has 0 spiro atoms. The molecule has 2 aliphatic rings. The average Bonchev–Trinajstić information content (AvgIpc) is 3.20. The van der Waals surface area contributed by atoms with Crippen molar-refractivity contribution in [3.05, 3.63) is 0 Å². The molecule has 4 unspecified atom stereocenters. The second-order valence-corrected chi connectivity index (χ2v) is 8.76. The summed E-state index contributed by atoms with van der Waals surface area (Å²) in [5, 5.41) is 9.31. The molecular formula is C18H34O6. The van der Waals surface area contributed by atoms with Crippen LogP contribution in [0, 0.1) is 11.8 Å². The van der Waals surface area contributed by atoms with Crippen molar-refractivity contribution in [2.45, 2.75) is 83.6 Å². The number of aliphatic hydroxyl groups excluding tert-OH is 1. The van der Waals surface area contributed by atoms with Crippen LogP contribution in [0.25, 0.3) is 0 Å². The summed E-state index contributed by atoms with van der Waals surface area (Å²) in [5.41, 5.74) is -0.951. The van der Waals surface area contributed by atoms with Crippen molar-refractivity contribution in [1.82, 2.24) is 0 Å². The monoisotopic (exact) mass is 346 g/mol. The summed E-state index contributed by atoms with van der Waals surface area (Å²) >= 11 is 0. The van der Waals surface area contributed by atoms with E-state index in [2.05, 4.69) is 13.8 Å². The van der Waals surface area contributed by atoms with Gasteiger partial charge >= 0.3 is 0 Å². The number of rotatable bonds is 9. The second-order valence-electron chi connectivity index (χ2n) is 8.76. The van der Waals surface area contributed by atoms with E-state index in [1.165, 1.54) is 0 Å². The van der Waals surface area contributed by atoms with Crippen molar-refractivity contribution in [3.8, 4) is 0 Å². The van der Waals surface area contributed by atoms with Gasteiger partial charge in [0.15, 0.2) is 5.79 Å². The van der Waals surface area contributed by atoms with Gasteiger partial charge in [0, 0.05) is 13.5 Å². The third kappa shape index (κ3) is 5.38. The van der Waals surface area contributed by atoms with Gasteiger partial charge in [-0.05, 0) is 59.8 Å². The Morgan fingerprint density at radius 3 is 2.46 bits per heavy atom. The molecule has 6 nitrogen and oxygen atoms in total. The number of hydrogen-bond donors (Lipinski definition) is 1. The standard InChI is InChI=1S/C18H34O6/c1-16(2)9-14(23-24-17(3,4)11-19)15(22-16)13-8-12(13)10-21-18(5,6)20-7/h12-15,19H,8-11H2,1-7H3. The molecule has 4 atom stereocenters. The Kier molecular flexibility index (Phi) is 6.00. The highest BCUT2D eigenvalue weighted by molar-refractivity contribution is 5.01. The Morgan fingerprint density at radius 1 is 1.21 bits per heavy atom. The van der Waals surface area contributed by atoms with E-state index in [1.54, 1.807) is 21.0 Å². The highest BCUT2D eigenvalue weighted by atomic mass is 17.2. The minimum Gasteiger partial charge on any atom is -0.393 e. The molecule has 2 rings (SSSR count). The molecule has 24 heavy (non-hydrogen) atoms. The third-order valence-corrected chi connectivity index (χ3v) is 4.83. The van der Waals surface area contributed by atoms with Gasteiger partial charge in [0.25, 0.3) is 0 Å². The van der Waals surface area contributed by atoms with Crippen molar-refractivity contribution in [3.63, 3.8) is 0 Å². The van der Waals surface area contributed by atoms with E-state index in [4.69, 9.17) is 24.0 Å². The van der Waals surface area contributed by atoms with Crippen molar-refractivity contribution < 1.29 is 29.1 Å². The highest BCUT2D eigenvalue weighted by Gasteiger charge is 2.54. The van der Waals surface area contributed by atoms with E-state index in [1.807, 2.05) is 13.8 Å². The van der Waals surface area contributed by atoms with Crippen LogP contribution in [0.15, 0.2) is 0 Å². The quantitative estimate of drug-likeness (QED) is 0.393. The minimum atomic E-state index is -0.716. The lowest BCUT2D eigenvalue weighted by Crippen LogP contribution is -2.35. The third-order valence-electron chi connectivity index (χ3n) is 4.83. The lowest BCUT2D eigenvalue weighted by Gasteiger charge is -2.26. The summed E-state index contributed by atoms with van der Waals surface area (Å²) in [6, 6.07) is 0. The Bertz CT molecular complexity index is 420. The zero-order chi connectivity index (χ0) is 18.2. The second kappa shape index (κ2) is 7.17. The first-order valence-electron chi connectivity index (χ1n) is 8.81. The first-order valence-corrected chi connectivity index (χ1v) is 8.81. The molecule has 0 aromatic carbocycles. The topological polar surface area (TPSA) is 66.4 Å². The van der Waals surface area contributed by atoms with Gasteiger partial charge in [-0.25, -0.2) is 9.78 Å². The molecule has 1 heterocycles. The van der Waals surface area contributed by atoms with Crippen LogP contribution in [0.4, 0.5) is 0 Å². The molecule has 0 amide bonds. The van der Waals surface area contributed by atoms with Gasteiger partial charge in [0.2, 0.25) is 0 Å². The smallest absolute Gasteiger partial charge is 0.162 e. The number of aliphatic hydroxyl groups is 1. The van der Waals surface area contributed by atoms with Crippen LogP contribution in [-0.2, 0) is 24.0 Å². The van der Waals surface area contributed by atoms with Crippen molar-refractivity contribution >= 4 is 0 Å². The maximum absolute atomic E-state index is 9.31. The van der Waals surface area contributed by atoms with Crippen LogP contribution < -0.4 is 0 Å². The van der Waals surface area contributed by atoms with Crippen LogP contribution in [-0.4, -0.2) is 54.6 Å². The van der Waals surface area contributed by atoms with Crippen LogP contribution in [0.1, 0.15) is 54.4 Å². The van der Waals surface area contributed by atoms with Gasteiger partial charge < -0.3 is 19.3 Å². The predicted octanol–water partition coefficient (Wildman–Crippen LogP) is 2.68. The molecular weight excluding hydrogens is 312 g/mol. The number of ether oxygens (including phenoxy) is 3. The molecule has 0 aromatic heterocycles. The Labute approximate surface area is 145 Å². The van der Waals surface area contributed by atoms with Crippen LogP contribution >= 0.6 is 0 Å². The first-order chi connectivity index (χ1) is 11.0. The number of hydrogen-bond acceptors (Lipinski definition) is 6. The van der Waals surface area contributed by atoms with Crippen LogP contribution in [0.3, 0.4) is 0 Å². The maximum Gasteiger partial charge on any atom is 0.162 e. The van der Waals surface area contributed by atoms with E-state index >= 15 is 0 Å². The van der Waals surface area contributed by atoms with E-state index in [-0.39, 0.29) is 24.4 Å². The Morgan fingerprint density at radius 2 is 1.88 bits per heavy atom. The summed E-state index contributed by atoms with van der Waals surface area (Å²) < 4.78 is 17.3. The summed E-state index contributed by atoms with van der Waals surface area (Å²) in [6.07, 6.45) is 1.70. The fourth-order valence-corrected chi connectivity index (χ4v) is 3.00. The molecule has 0 radical (unpaired) electrons. The fraction of sp³-hybridized carbons (Fsp3) is 1.00. The Hall–Kier alpha value is -0.240. The molecule has 0 aromatic rings. The molecule has 1 saturated carbocycles. The van der Waals surface area contributed by atoms with Crippen molar-refractivity contribution in [1.29, 1.82) is 0 Å². The zero-order valence-corrected chi connectivity index (χ0v) is 16.1. The SMILES string of the molecule is COC(C)(C)OCC1CC1C1OC(C)(C)CC1OOC(C)(C)CO. The van der Waals surface area contributed by atoms with E-state index in [9.17, 15) is 5.11 Å². The van der Waals surface area contributed by atoms with Crippen LogP contribution in [0.2, 0.25) is 0 Å². The summed E-state index contributed by atoms with van der Waals surface area (Å²) in [5.74, 6) is 0.299. The molecule has 1 N–H and O–H groups in total. The molecule has 2 fully saturated rings. The van der Waals surface area contributed by atoms with E-state index in [0.29, 0.717) is 18.4 Å². The maximum atomic E-state index is 9.31. The van der Waals surface area contributed by atoms with Crippen molar-refractivity contribution in [2.75, 3.05) is 20.3 Å². The molecule has 1 saturated heterocycles. The van der Waals surface area contributed by atoms with Crippen molar-refractivity contribution in [2.24, 2.45) is 11.8 Å². The van der Waals surface area contributed by atoms with Gasteiger partial charge in [-0.15, -0.1) is 0 Å². The molecule has 1 aliphatic carbocycles. The van der Waals surface area contributed by atoms with Gasteiger partial charge in [-0.3, -0.25) is 0 Å². The molecule has 0 bridgehead atoms. The zero-order valence-electron chi connectivity index (χ0n) is 16.1. The van der Waals surface area contributed by atoms with E-state index in [0.717, 1.165) is 12.8 Å². The molecule has 1 aliphatic heterocycles.